The highest BCUT2D eigenvalue weighted by Crippen LogP contribution is 2.31. The van der Waals surface area contributed by atoms with Crippen LogP contribution in [0.15, 0.2) is 24.3 Å². The lowest BCUT2D eigenvalue weighted by atomic mass is 10.2. The van der Waals surface area contributed by atoms with Gasteiger partial charge in [0.1, 0.15) is 11.0 Å². The Morgan fingerprint density at radius 2 is 1.88 bits per heavy atom. The number of alkyl halides is 1. The fraction of sp³-hybridized carbons (Fsp3) is 0.455. The lowest BCUT2D eigenvalue weighted by molar-refractivity contribution is 0.401. The van der Waals surface area contributed by atoms with E-state index in [1.807, 2.05) is 0 Å². The van der Waals surface area contributed by atoms with Crippen molar-refractivity contribution in [3.8, 4) is 0 Å². The number of nitrogens with zero attached hydrogens (tertiary/aromatic N) is 1. The van der Waals surface area contributed by atoms with Crippen molar-refractivity contribution in [3.63, 3.8) is 0 Å². The zero-order chi connectivity index (χ0) is 12.5. The van der Waals surface area contributed by atoms with Gasteiger partial charge in [0.15, 0.2) is 0 Å². The lowest BCUT2D eigenvalue weighted by Gasteiger charge is -2.20. The first-order chi connectivity index (χ1) is 8.03. The van der Waals surface area contributed by atoms with E-state index in [1.54, 1.807) is 12.1 Å². The molecule has 0 aromatic heterocycles. The summed E-state index contributed by atoms with van der Waals surface area (Å²) >= 11 is 5.46. The van der Waals surface area contributed by atoms with E-state index >= 15 is 0 Å². The van der Waals surface area contributed by atoms with Crippen LogP contribution >= 0.6 is 11.6 Å². The summed E-state index contributed by atoms with van der Waals surface area (Å²) in [4.78, 5) is 0. The molecule has 6 heteroatoms. The summed E-state index contributed by atoms with van der Waals surface area (Å²) in [6, 6.07) is 5.90. The molecule has 0 bridgehead atoms. The molecule has 0 amide bonds. The van der Waals surface area contributed by atoms with Crippen molar-refractivity contribution >= 4 is 21.6 Å². The van der Waals surface area contributed by atoms with Crippen molar-refractivity contribution < 1.29 is 12.8 Å². The summed E-state index contributed by atoms with van der Waals surface area (Å²) in [7, 11) is -3.40. The fourth-order valence-corrected chi connectivity index (χ4v) is 3.16. The van der Waals surface area contributed by atoms with Gasteiger partial charge in [-0.1, -0.05) is 12.1 Å². The molecule has 0 atom stereocenters. The third-order valence-corrected chi connectivity index (χ3v) is 4.95. The Bertz CT molecular complexity index is 485. The van der Waals surface area contributed by atoms with Crippen molar-refractivity contribution in [3.05, 3.63) is 35.6 Å². The van der Waals surface area contributed by atoms with Crippen LogP contribution in [0.25, 0.3) is 0 Å². The molecule has 1 saturated carbocycles. The average molecular weight is 278 g/mol. The Kier molecular flexibility index (Phi) is 3.70. The summed E-state index contributed by atoms with van der Waals surface area (Å²) in [6.07, 6.45) is 1.74. The normalized spacial score (nSPS) is 16.4. The highest BCUT2D eigenvalue weighted by Gasteiger charge is 2.36. The Hall–Kier alpha value is -0.650. The molecule has 3 nitrogen and oxygen atoms in total. The topological polar surface area (TPSA) is 37.4 Å². The van der Waals surface area contributed by atoms with Crippen LogP contribution in [0.4, 0.5) is 4.39 Å². The van der Waals surface area contributed by atoms with Gasteiger partial charge in [-0.05, 0) is 30.5 Å². The molecule has 2 rings (SSSR count). The first kappa shape index (κ1) is 12.8. The van der Waals surface area contributed by atoms with Crippen molar-refractivity contribution in [2.45, 2.75) is 25.4 Å². The molecule has 17 heavy (non-hydrogen) atoms. The van der Waals surface area contributed by atoms with E-state index in [0.29, 0.717) is 0 Å². The van der Waals surface area contributed by atoms with E-state index in [0.717, 1.165) is 18.4 Å². The number of hydrogen-bond donors (Lipinski definition) is 0. The smallest absolute Gasteiger partial charge is 0.211 e. The second-order valence-electron chi connectivity index (χ2n) is 4.12. The number of benzene rings is 1. The van der Waals surface area contributed by atoms with Gasteiger partial charge in [0, 0.05) is 12.6 Å². The van der Waals surface area contributed by atoms with Gasteiger partial charge < -0.3 is 0 Å². The summed E-state index contributed by atoms with van der Waals surface area (Å²) in [6.45, 7) is 0.264. The second-order valence-corrected chi connectivity index (χ2v) is 6.63. The van der Waals surface area contributed by atoms with Crippen LogP contribution in [-0.2, 0) is 16.6 Å². The maximum atomic E-state index is 12.7. The predicted molar refractivity (Wildman–Crippen MR) is 64.6 cm³/mol. The minimum atomic E-state index is -3.40. The van der Waals surface area contributed by atoms with Crippen molar-refractivity contribution in [1.29, 1.82) is 0 Å². The molecule has 0 saturated heterocycles. The number of halogens is 2. The molecule has 0 radical (unpaired) electrons. The molecule has 94 valence electrons. The molecular weight excluding hydrogens is 265 g/mol. The minimum absolute atomic E-state index is 0.0591. The first-order valence-electron chi connectivity index (χ1n) is 5.33. The SMILES string of the molecule is O=S(=O)(CCl)N(Cc1ccc(F)cc1)C1CC1. The van der Waals surface area contributed by atoms with Crippen molar-refractivity contribution in [1.82, 2.24) is 4.31 Å². The zero-order valence-corrected chi connectivity index (χ0v) is 10.7. The fourth-order valence-electron chi connectivity index (χ4n) is 1.65. The summed E-state index contributed by atoms with van der Waals surface area (Å²) in [5.74, 6) is -0.327. The molecule has 0 spiro atoms. The largest absolute Gasteiger partial charge is 0.228 e. The minimum Gasteiger partial charge on any atom is -0.211 e. The molecule has 1 aromatic rings. The zero-order valence-electron chi connectivity index (χ0n) is 9.14. The Morgan fingerprint density at radius 3 is 2.35 bits per heavy atom. The van der Waals surface area contributed by atoms with E-state index in [4.69, 9.17) is 11.6 Å². The van der Waals surface area contributed by atoms with Crippen LogP contribution in [0, 0.1) is 5.82 Å². The summed E-state index contributed by atoms with van der Waals surface area (Å²) in [5, 5.41) is -0.412. The maximum Gasteiger partial charge on any atom is 0.228 e. The molecule has 1 aliphatic rings. The van der Waals surface area contributed by atoms with E-state index < -0.39 is 15.2 Å². The number of hydrogen-bond acceptors (Lipinski definition) is 2. The third kappa shape index (κ3) is 3.18. The van der Waals surface area contributed by atoms with E-state index in [1.165, 1.54) is 16.4 Å². The van der Waals surface area contributed by atoms with Crippen molar-refractivity contribution in [2.24, 2.45) is 0 Å². The van der Waals surface area contributed by atoms with Crippen LogP contribution < -0.4 is 0 Å². The molecule has 1 aromatic carbocycles. The van der Waals surface area contributed by atoms with Gasteiger partial charge in [0.2, 0.25) is 10.0 Å². The number of sulfonamides is 1. The number of rotatable bonds is 5. The van der Waals surface area contributed by atoms with Gasteiger partial charge in [-0.15, -0.1) is 11.6 Å². The Morgan fingerprint density at radius 1 is 1.29 bits per heavy atom. The van der Waals surface area contributed by atoms with Gasteiger partial charge in [-0.25, -0.2) is 12.8 Å². The molecular formula is C11H13ClFNO2S. The van der Waals surface area contributed by atoms with Crippen LogP contribution in [0.1, 0.15) is 18.4 Å². The van der Waals surface area contributed by atoms with E-state index in [-0.39, 0.29) is 18.4 Å². The monoisotopic (exact) mass is 277 g/mol. The first-order valence-corrected chi connectivity index (χ1v) is 7.47. The van der Waals surface area contributed by atoms with Crippen LogP contribution in [-0.4, -0.2) is 24.0 Å². The lowest BCUT2D eigenvalue weighted by Crippen LogP contribution is -2.33. The quantitative estimate of drug-likeness (QED) is 0.775. The van der Waals surface area contributed by atoms with Gasteiger partial charge in [-0.2, -0.15) is 4.31 Å². The molecule has 1 aliphatic carbocycles. The Balaban J connectivity index is 2.16. The average Bonchev–Trinajstić information content (AvgIpc) is 3.12. The summed E-state index contributed by atoms with van der Waals surface area (Å²) in [5.41, 5.74) is 0.770. The van der Waals surface area contributed by atoms with Crippen LogP contribution in [0.2, 0.25) is 0 Å². The molecule has 0 aliphatic heterocycles. The molecule has 0 unspecified atom stereocenters. The Labute approximate surface area is 105 Å². The van der Waals surface area contributed by atoms with Crippen LogP contribution in [0.3, 0.4) is 0 Å². The van der Waals surface area contributed by atoms with E-state index in [9.17, 15) is 12.8 Å². The van der Waals surface area contributed by atoms with Crippen molar-refractivity contribution in [2.75, 3.05) is 5.21 Å². The predicted octanol–water partition coefficient (Wildman–Crippen LogP) is 2.32. The highest BCUT2D eigenvalue weighted by molar-refractivity contribution is 7.90. The van der Waals surface area contributed by atoms with Gasteiger partial charge in [0.05, 0.1) is 0 Å². The summed E-state index contributed by atoms with van der Waals surface area (Å²) < 4.78 is 37.7. The molecule has 0 N–H and O–H groups in total. The van der Waals surface area contributed by atoms with Gasteiger partial charge in [0.25, 0.3) is 0 Å². The maximum absolute atomic E-state index is 12.7. The molecule has 1 fully saturated rings. The standard InChI is InChI=1S/C11H13ClFNO2S/c12-8-17(15,16)14(11-5-6-11)7-9-1-3-10(13)4-2-9/h1-4,11H,5-8H2. The van der Waals surface area contributed by atoms with E-state index in [2.05, 4.69) is 0 Å². The van der Waals surface area contributed by atoms with Crippen LogP contribution in [0.5, 0.6) is 0 Å². The van der Waals surface area contributed by atoms with Gasteiger partial charge in [-0.3, -0.25) is 0 Å². The highest BCUT2D eigenvalue weighted by atomic mass is 35.5. The second kappa shape index (κ2) is 4.92. The van der Waals surface area contributed by atoms with Gasteiger partial charge >= 0.3 is 0 Å². The third-order valence-electron chi connectivity index (χ3n) is 2.70. The molecule has 0 heterocycles.